The van der Waals surface area contributed by atoms with Crippen LogP contribution in [0, 0.1) is 5.92 Å². The third-order valence-corrected chi connectivity index (χ3v) is 5.48. The summed E-state index contributed by atoms with van der Waals surface area (Å²) in [6.07, 6.45) is 2.70. The van der Waals surface area contributed by atoms with Crippen LogP contribution in [0.5, 0.6) is 0 Å². The molecule has 0 bridgehead atoms. The molecule has 2 rings (SSSR count). The Balaban J connectivity index is 2.28. The van der Waals surface area contributed by atoms with Crippen LogP contribution in [0.1, 0.15) is 55.6 Å². The van der Waals surface area contributed by atoms with Crippen molar-refractivity contribution in [1.82, 2.24) is 20.6 Å². The minimum absolute atomic E-state index is 0.00781. The number of aliphatic carboxylic acids is 1. The topological polar surface area (TPSA) is 183 Å². The Morgan fingerprint density at radius 2 is 1.73 bits per heavy atom. The number of carbonyl (C=O) groups excluding carboxylic acids is 4. The van der Waals surface area contributed by atoms with Gasteiger partial charge < -0.3 is 29.8 Å². The number of rotatable bonds is 15. The number of carboxylic acid groups (broad SMARTS) is 1. The number of benzene rings is 1. The summed E-state index contributed by atoms with van der Waals surface area (Å²) < 4.78 is 15.1. The van der Waals surface area contributed by atoms with Crippen molar-refractivity contribution >= 4 is 37.0 Å². The molecule has 14 heteroatoms. The van der Waals surface area contributed by atoms with Gasteiger partial charge in [-0.25, -0.2) is 9.78 Å². The van der Waals surface area contributed by atoms with Crippen LogP contribution in [-0.2, 0) is 34.9 Å². The lowest BCUT2D eigenvalue weighted by Crippen LogP contribution is -2.57. The maximum atomic E-state index is 13.6. The largest absolute Gasteiger partial charge is 0.625 e. The van der Waals surface area contributed by atoms with E-state index < -0.39 is 49.0 Å². The second-order valence-electron chi connectivity index (χ2n) is 9.23. The number of hydrogen-bond acceptors (Lipinski definition) is 10. The molecule has 0 aliphatic carbocycles. The number of amides is 2. The van der Waals surface area contributed by atoms with Crippen molar-refractivity contribution < 1.29 is 43.1 Å². The van der Waals surface area contributed by atoms with E-state index >= 15 is 0 Å². The molecule has 0 saturated carbocycles. The monoisotopic (exact) mass is 556 g/mol. The molecule has 2 amide bonds. The first kappa shape index (κ1) is 31.7. The maximum Gasteiger partial charge on any atom is 0.625 e. The van der Waals surface area contributed by atoms with E-state index in [1.54, 1.807) is 24.3 Å². The lowest BCUT2D eigenvalue weighted by molar-refractivity contribution is -0.138. The average Bonchev–Trinajstić information content (AvgIpc) is 2.92. The zero-order valence-corrected chi connectivity index (χ0v) is 22.6. The van der Waals surface area contributed by atoms with E-state index in [2.05, 4.69) is 25.3 Å². The van der Waals surface area contributed by atoms with Crippen LogP contribution in [0.2, 0.25) is 0 Å². The molecule has 2 aromatic rings. The molecular weight excluding hydrogens is 523 g/mol. The number of aromatic nitrogens is 2. The van der Waals surface area contributed by atoms with Gasteiger partial charge in [-0.2, -0.15) is 0 Å². The van der Waals surface area contributed by atoms with Gasteiger partial charge in [-0.15, -0.1) is 0 Å². The second-order valence-corrected chi connectivity index (χ2v) is 9.23. The molecule has 214 valence electrons. The quantitative estimate of drug-likeness (QED) is 0.215. The molecular formula is C26H33BN4O9. The van der Waals surface area contributed by atoms with Gasteiger partial charge in [0.15, 0.2) is 0 Å². The van der Waals surface area contributed by atoms with E-state index in [1.165, 1.54) is 18.6 Å². The molecule has 1 aromatic heterocycles. The summed E-state index contributed by atoms with van der Waals surface area (Å²) in [5.74, 6) is -4.24. The molecule has 3 N–H and O–H groups in total. The van der Waals surface area contributed by atoms with Crippen molar-refractivity contribution in [3.63, 3.8) is 0 Å². The van der Waals surface area contributed by atoms with Crippen molar-refractivity contribution in [3.8, 4) is 0 Å². The Hall–Kier alpha value is -4.49. The molecule has 1 aromatic carbocycles. The van der Waals surface area contributed by atoms with Gasteiger partial charge in [-0.1, -0.05) is 44.2 Å². The van der Waals surface area contributed by atoms with Crippen LogP contribution >= 0.6 is 0 Å². The fraction of sp³-hybridized carbons (Fsp3) is 0.423. The molecule has 13 nitrogen and oxygen atoms in total. The highest BCUT2D eigenvalue weighted by Crippen LogP contribution is 2.14. The molecule has 0 spiro atoms. The molecule has 0 aliphatic heterocycles. The van der Waals surface area contributed by atoms with E-state index in [9.17, 15) is 24.0 Å². The van der Waals surface area contributed by atoms with Gasteiger partial charge in [0.1, 0.15) is 11.7 Å². The second kappa shape index (κ2) is 16.5. The number of nitrogens with zero attached hydrogens (tertiary/aromatic N) is 2. The van der Waals surface area contributed by atoms with Gasteiger partial charge in [0, 0.05) is 31.7 Å². The molecule has 0 unspecified atom stereocenters. The Morgan fingerprint density at radius 1 is 1.00 bits per heavy atom. The predicted octanol–water partition coefficient (Wildman–Crippen LogP) is 1.96. The summed E-state index contributed by atoms with van der Waals surface area (Å²) in [6, 6.07) is 7.90. The molecule has 0 radical (unpaired) electrons. The van der Waals surface area contributed by atoms with Crippen LogP contribution in [0.25, 0.3) is 0 Å². The number of carboxylic acids is 1. The third-order valence-electron chi connectivity index (χ3n) is 5.48. The van der Waals surface area contributed by atoms with E-state index in [0.717, 1.165) is 12.7 Å². The smallest absolute Gasteiger partial charge is 0.498 e. The van der Waals surface area contributed by atoms with E-state index in [-0.39, 0.29) is 43.7 Å². The van der Waals surface area contributed by atoms with E-state index in [4.69, 9.17) is 14.4 Å². The highest BCUT2D eigenvalue weighted by atomic mass is 16.7. The average molecular weight is 556 g/mol. The zero-order chi connectivity index (χ0) is 29.5. The summed E-state index contributed by atoms with van der Waals surface area (Å²) in [5.41, 5.74) is 0.768. The Morgan fingerprint density at radius 3 is 2.33 bits per heavy atom. The molecule has 40 heavy (non-hydrogen) atoms. The highest BCUT2D eigenvalue weighted by molar-refractivity contribution is 6.51. The lowest BCUT2D eigenvalue weighted by Gasteiger charge is -2.27. The molecule has 0 saturated heterocycles. The van der Waals surface area contributed by atoms with Crippen LogP contribution in [-0.4, -0.2) is 71.2 Å². The van der Waals surface area contributed by atoms with Gasteiger partial charge in [0.2, 0.25) is 5.91 Å². The van der Waals surface area contributed by atoms with Crippen molar-refractivity contribution in [2.45, 2.75) is 57.9 Å². The zero-order valence-electron chi connectivity index (χ0n) is 22.6. The number of nitrogens with one attached hydrogen (secondary N) is 2. The fourth-order valence-corrected chi connectivity index (χ4v) is 3.64. The normalized spacial score (nSPS) is 12.0. The SMILES string of the molecule is COC(=O)OB(OC(=O)CCCC(=O)O)[C@H](CC(C)C)NC(=O)[C@H](Cc1ccccc1)NC(=O)c1cnccn1. The van der Waals surface area contributed by atoms with Gasteiger partial charge >= 0.3 is 19.2 Å². The molecule has 0 aliphatic rings. The van der Waals surface area contributed by atoms with Gasteiger partial charge in [0.05, 0.1) is 19.2 Å². The lowest BCUT2D eigenvalue weighted by atomic mass is 9.73. The summed E-state index contributed by atoms with van der Waals surface area (Å²) in [4.78, 5) is 69.4. The van der Waals surface area contributed by atoms with E-state index in [1.807, 2.05) is 19.9 Å². The minimum atomic E-state index is -1.58. The highest BCUT2D eigenvalue weighted by Gasteiger charge is 2.41. The first-order valence-corrected chi connectivity index (χ1v) is 12.7. The van der Waals surface area contributed by atoms with Crippen molar-refractivity contribution in [3.05, 3.63) is 60.2 Å². The summed E-state index contributed by atoms with van der Waals surface area (Å²) >= 11 is 0. The Kier molecular flexibility index (Phi) is 13.1. The number of ether oxygens (including phenoxy) is 1. The summed E-state index contributed by atoms with van der Waals surface area (Å²) in [7, 11) is -0.508. The first-order valence-electron chi connectivity index (χ1n) is 12.7. The maximum absolute atomic E-state index is 13.6. The molecule has 2 atom stereocenters. The Bertz CT molecular complexity index is 1140. The van der Waals surface area contributed by atoms with Crippen LogP contribution in [0.15, 0.2) is 48.9 Å². The van der Waals surface area contributed by atoms with Crippen molar-refractivity contribution in [2.75, 3.05) is 7.11 Å². The molecule has 1 heterocycles. The number of hydrogen-bond donors (Lipinski definition) is 3. The summed E-state index contributed by atoms with van der Waals surface area (Å²) in [6.45, 7) is 3.70. The van der Waals surface area contributed by atoms with Crippen LogP contribution in [0.3, 0.4) is 0 Å². The standard InChI is InChI=1S/C26H33BN4O9/c1-17(2)14-21(27(40-26(37)38-3)39-23(34)11-7-10-22(32)33)31-24(35)19(15-18-8-5-4-6-9-18)30-25(36)20-16-28-12-13-29-20/h4-6,8-9,12-13,16-17,19,21H,7,10-11,14-15H2,1-3H3,(H,30,36)(H,31,35)(H,32,33)/t19-,21-/m0/s1. The molecule has 0 fully saturated rings. The van der Waals surface area contributed by atoms with Crippen LogP contribution < -0.4 is 10.6 Å². The van der Waals surface area contributed by atoms with Gasteiger partial charge in [0.25, 0.3) is 11.9 Å². The minimum Gasteiger partial charge on any atom is -0.498 e. The van der Waals surface area contributed by atoms with Crippen LogP contribution in [0.4, 0.5) is 4.79 Å². The third kappa shape index (κ3) is 11.5. The predicted molar refractivity (Wildman–Crippen MR) is 142 cm³/mol. The summed E-state index contributed by atoms with van der Waals surface area (Å²) in [5, 5.41) is 14.2. The van der Waals surface area contributed by atoms with Gasteiger partial charge in [-0.05, 0) is 24.3 Å². The van der Waals surface area contributed by atoms with Crippen molar-refractivity contribution in [2.24, 2.45) is 5.92 Å². The Labute approximate surface area is 232 Å². The first-order chi connectivity index (χ1) is 19.1. The van der Waals surface area contributed by atoms with Gasteiger partial charge in [-0.3, -0.25) is 24.2 Å². The number of carbonyl (C=O) groups is 5. The van der Waals surface area contributed by atoms with E-state index in [0.29, 0.717) is 0 Å². The fourth-order valence-electron chi connectivity index (χ4n) is 3.64. The number of methoxy groups -OCH3 is 1. The van der Waals surface area contributed by atoms with Crippen molar-refractivity contribution in [1.29, 1.82) is 0 Å².